The Balaban J connectivity index is 2.87. The molecule has 126 valence electrons. The number of aryl methyl sites for hydroxylation is 2. The predicted octanol–water partition coefficient (Wildman–Crippen LogP) is 1.84. The molecular weight excluding hydrogens is 292 g/mol. The third-order valence-corrected chi connectivity index (χ3v) is 3.64. The van der Waals surface area contributed by atoms with Crippen LogP contribution in [-0.4, -0.2) is 45.6 Å². The summed E-state index contributed by atoms with van der Waals surface area (Å²) in [6, 6.07) is -0.633. The van der Waals surface area contributed by atoms with Crippen LogP contribution in [0.3, 0.4) is 0 Å². The highest BCUT2D eigenvalue weighted by Gasteiger charge is 2.24. The van der Waals surface area contributed by atoms with E-state index in [0.29, 0.717) is 30.9 Å². The first-order valence-electron chi connectivity index (χ1n) is 7.72. The molecule has 6 nitrogen and oxygen atoms in total. The predicted molar refractivity (Wildman–Crippen MR) is 91.3 cm³/mol. The number of rotatable bonds is 8. The molecule has 1 aromatic rings. The third kappa shape index (κ3) is 4.31. The number of aromatic nitrogens is 2. The monoisotopic (exact) mass is 318 g/mol. The van der Waals surface area contributed by atoms with Crippen LogP contribution >= 0.6 is 0 Å². The average molecular weight is 318 g/mol. The van der Waals surface area contributed by atoms with Gasteiger partial charge in [0, 0.05) is 25.3 Å². The zero-order valence-corrected chi connectivity index (χ0v) is 14.4. The van der Waals surface area contributed by atoms with Gasteiger partial charge in [0.15, 0.2) is 0 Å². The van der Waals surface area contributed by atoms with Crippen LogP contribution in [0.5, 0.6) is 0 Å². The minimum absolute atomic E-state index is 0.170. The van der Waals surface area contributed by atoms with Gasteiger partial charge in [-0.25, -0.2) is 0 Å². The molecule has 1 rings (SSSR count). The first-order valence-corrected chi connectivity index (χ1v) is 7.72. The molecule has 0 aliphatic heterocycles. The molecule has 1 aromatic heterocycles. The van der Waals surface area contributed by atoms with Crippen LogP contribution in [0.1, 0.15) is 35.6 Å². The standard InChI is InChI=1S/C17H26N4O2/c1-7-10-20(11-8-2)17(23)13(5)18-16(22)15-12(4)19-21(9-3)14(15)6/h7-8,13H,1-2,9-11H2,3-6H3,(H,18,22). The second kappa shape index (κ2) is 8.31. The van der Waals surface area contributed by atoms with Crippen molar-refractivity contribution in [1.82, 2.24) is 20.0 Å². The number of nitrogens with zero attached hydrogens (tertiary/aromatic N) is 3. The van der Waals surface area contributed by atoms with E-state index >= 15 is 0 Å². The van der Waals surface area contributed by atoms with Gasteiger partial charge in [-0.3, -0.25) is 14.3 Å². The summed E-state index contributed by atoms with van der Waals surface area (Å²) in [5.41, 5.74) is 2.00. The van der Waals surface area contributed by atoms with E-state index in [1.807, 2.05) is 13.8 Å². The maximum Gasteiger partial charge on any atom is 0.255 e. The van der Waals surface area contributed by atoms with Crippen LogP contribution in [0.4, 0.5) is 0 Å². The van der Waals surface area contributed by atoms with Crippen molar-refractivity contribution in [2.24, 2.45) is 0 Å². The fourth-order valence-electron chi connectivity index (χ4n) is 2.50. The zero-order chi connectivity index (χ0) is 17.6. The van der Waals surface area contributed by atoms with Gasteiger partial charge in [0.2, 0.25) is 5.91 Å². The van der Waals surface area contributed by atoms with E-state index < -0.39 is 6.04 Å². The Labute approximate surface area is 137 Å². The Hall–Kier alpha value is -2.37. The van der Waals surface area contributed by atoms with Crippen molar-refractivity contribution in [2.45, 2.75) is 40.3 Å². The largest absolute Gasteiger partial charge is 0.340 e. The number of hydrogen-bond acceptors (Lipinski definition) is 3. The van der Waals surface area contributed by atoms with Gasteiger partial charge in [0.05, 0.1) is 11.3 Å². The average Bonchev–Trinajstić information content (AvgIpc) is 2.80. The number of carbonyl (C=O) groups excluding carboxylic acids is 2. The van der Waals surface area contributed by atoms with Gasteiger partial charge >= 0.3 is 0 Å². The van der Waals surface area contributed by atoms with Gasteiger partial charge in [0.1, 0.15) is 6.04 Å². The molecule has 0 aliphatic carbocycles. The molecule has 2 amide bonds. The quantitative estimate of drug-likeness (QED) is 0.744. The summed E-state index contributed by atoms with van der Waals surface area (Å²) in [5.74, 6) is -0.450. The van der Waals surface area contributed by atoms with Gasteiger partial charge in [-0.2, -0.15) is 5.10 Å². The Bertz CT molecular complexity index is 594. The van der Waals surface area contributed by atoms with Crippen LogP contribution < -0.4 is 5.32 Å². The molecule has 0 aliphatic rings. The van der Waals surface area contributed by atoms with Crippen LogP contribution in [-0.2, 0) is 11.3 Å². The van der Waals surface area contributed by atoms with Crippen molar-refractivity contribution in [3.63, 3.8) is 0 Å². The molecule has 0 spiro atoms. The molecule has 0 bridgehead atoms. The number of hydrogen-bond donors (Lipinski definition) is 1. The number of carbonyl (C=O) groups is 2. The molecule has 0 fully saturated rings. The summed E-state index contributed by atoms with van der Waals surface area (Å²) in [6.45, 7) is 16.1. The maximum atomic E-state index is 12.5. The third-order valence-electron chi connectivity index (χ3n) is 3.64. The Morgan fingerprint density at radius 1 is 1.30 bits per heavy atom. The molecule has 6 heteroatoms. The molecular formula is C17H26N4O2. The van der Waals surface area contributed by atoms with E-state index in [-0.39, 0.29) is 11.8 Å². The zero-order valence-electron chi connectivity index (χ0n) is 14.4. The van der Waals surface area contributed by atoms with Gasteiger partial charge in [-0.15, -0.1) is 13.2 Å². The molecule has 1 unspecified atom stereocenters. The van der Waals surface area contributed by atoms with Crippen molar-refractivity contribution >= 4 is 11.8 Å². The van der Waals surface area contributed by atoms with Crippen LogP contribution in [0.15, 0.2) is 25.3 Å². The lowest BCUT2D eigenvalue weighted by molar-refractivity contribution is -0.131. The minimum Gasteiger partial charge on any atom is -0.340 e. The fraction of sp³-hybridized carbons (Fsp3) is 0.471. The number of nitrogens with one attached hydrogen (secondary N) is 1. The number of amides is 2. The highest BCUT2D eigenvalue weighted by atomic mass is 16.2. The summed E-state index contributed by atoms with van der Waals surface area (Å²) >= 11 is 0. The molecule has 0 saturated heterocycles. The lowest BCUT2D eigenvalue weighted by Gasteiger charge is -2.23. The van der Waals surface area contributed by atoms with Crippen molar-refractivity contribution in [2.75, 3.05) is 13.1 Å². The molecule has 23 heavy (non-hydrogen) atoms. The topological polar surface area (TPSA) is 67.2 Å². The lowest BCUT2D eigenvalue weighted by Crippen LogP contribution is -2.47. The second-order valence-corrected chi connectivity index (χ2v) is 5.38. The Morgan fingerprint density at radius 3 is 2.30 bits per heavy atom. The van der Waals surface area contributed by atoms with E-state index in [4.69, 9.17) is 0 Å². The van der Waals surface area contributed by atoms with E-state index in [0.717, 1.165) is 5.69 Å². The first kappa shape index (κ1) is 18.7. The molecule has 1 atom stereocenters. The van der Waals surface area contributed by atoms with Gasteiger partial charge in [-0.05, 0) is 27.7 Å². The SMILES string of the molecule is C=CCN(CC=C)C(=O)C(C)NC(=O)c1c(C)nn(CC)c1C. The minimum atomic E-state index is -0.633. The summed E-state index contributed by atoms with van der Waals surface area (Å²) < 4.78 is 1.78. The molecule has 0 aromatic carbocycles. The van der Waals surface area contributed by atoms with E-state index in [2.05, 4.69) is 23.6 Å². The lowest BCUT2D eigenvalue weighted by atomic mass is 10.1. The first-order chi connectivity index (χ1) is 10.9. The van der Waals surface area contributed by atoms with Crippen LogP contribution in [0.2, 0.25) is 0 Å². The maximum absolute atomic E-state index is 12.5. The van der Waals surface area contributed by atoms with Gasteiger partial charge < -0.3 is 10.2 Å². The molecule has 0 saturated carbocycles. The van der Waals surface area contributed by atoms with Gasteiger partial charge in [-0.1, -0.05) is 12.2 Å². The van der Waals surface area contributed by atoms with Crippen LogP contribution in [0, 0.1) is 13.8 Å². The highest BCUT2D eigenvalue weighted by Crippen LogP contribution is 2.13. The van der Waals surface area contributed by atoms with Crippen molar-refractivity contribution in [3.05, 3.63) is 42.3 Å². The molecule has 1 N–H and O–H groups in total. The molecule has 1 heterocycles. The fourth-order valence-corrected chi connectivity index (χ4v) is 2.50. The summed E-state index contributed by atoms with van der Waals surface area (Å²) in [4.78, 5) is 26.5. The van der Waals surface area contributed by atoms with E-state index in [9.17, 15) is 9.59 Å². The summed E-state index contributed by atoms with van der Waals surface area (Å²) in [6.07, 6.45) is 3.30. The van der Waals surface area contributed by atoms with Gasteiger partial charge in [0.25, 0.3) is 5.91 Å². The Kier molecular flexibility index (Phi) is 6.75. The van der Waals surface area contributed by atoms with Crippen molar-refractivity contribution in [3.8, 4) is 0 Å². The Morgan fingerprint density at radius 2 is 1.87 bits per heavy atom. The van der Waals surface area contributed by atoms with E-state index in [1.165, 1.54) is 0 Å². The second-order valence-electron chi connectivity index (χ2n) is 5.38. The normalized spacial score (nSPS) is 11.7. The van der Waals surface area contributed by atoms with E-state index in [1.54, 1.807) is 35.6 Å². The van der Waals surface area contributed by atoms with Crippen molar-refractivity contribution in [1.29, 1.82) is 0 Å². The summed E-state index contributed by atoms with van der Waals surface area (Å²) in [7, 11) is 0. The smallest absolute Gasteiger partial charge is 0.255 e. The highest BCUT2D eigenvalue weighted by molar-refractivity contribution is 5.99. The summed E-state index contributed by atoms with van der Waals surface area (Å²) in [5, 5.41) is 7.09. The van der Waals surface area contributed by atoms with Crippen LogP contribution in [0.25, 0.3) is 0 Å². The molecule has 0 radical (unpaired) electrons. The van der Waals surface area contributed by atoms with Crippen molar-refractivity contribution < 1.29 is 9.59 Å².